The predicted octanol–water partition coefficient (Wildman–Crippen LogP) is 6.26. The van der Waals surface area contributed by atoms with E-state index in [4.69, 9.17) is 10.2 Å². The number of primary amides is 1. The maximum Gasteiger partial charge on any atom is 0.319 e. The van der Waals surface area contributed by atoms with Crippen LogP contribution in [0.15, 0.2) is 73.3 Å². The van der Waals surface area contributed by atoms with E-state index in [1.54, 1.807) is 12.5 Å². The standard InChI is InChI=1S/C30H40N6O3Si/c1-30(2,3)40(4,5)39-27(36-20-25(28(31)37)33-21-36)12-9-16-35-17-15-23-13-14-24(18-26(23)35)34-29(38)32-19-22-10-7-6-8-11-22/h6-8,10-11,13-15,17-18,20-21,27H,9,12,16,19H2,1-5H3,(H2,31,37)(H2,32,34,38). The highest BCUT2D eigenvalue weighted by Gasteiger charge is 2.39. The monoisotopic (exact) mass is 560 g/mol. The van der Waals surface area contributed by atoms with Gasteiger partial charge in [-0.05, 0) is 60.1 Å². The number of carbonyl (C=O) groups excluding carboxylic acids is 2. The van der Waals surface area contributed by atoms with Gasteiger partial charge in [0.15, 0.2) is 8.32 Å². The molecule has 1 unspecified atom stereocenters. The van der Waals surface area contributed by atoms with Crippen LogP contribution < -0.4 is 16.4 Å². The summed E-state index contributed by atoms with van der Waals surface area (Å²) in [6.45, 7) is 12.3. The van der Waals surface area contributed by atoms with Crippen LogP contribution >= 0.6 is 0 Å². The highest BCUT2D eigenvalue weighted by atomic mass is 28.4. The van der Waals surface area contributed by atoms with Crippen LogP contribution in [-0.4, -0.2) is 34.4 Å². The zero-order valence-corrected chi connectivity index (χ0v) is 25.0. The third kappa shape index (κ3) is 7.19. The summed E-state index contributed by atoms with van der Waals surface area (Å²) in [6, 6.07) is 17.6. The third-order valence-corrected chi connectivity index (χ3v) is 12.1. The molecule has 4 rings (SSSR count). The van der Waals surface area contributed by atoms with Crippen molar-refractivity contribution in [3.05, 3.63) is 84.6 Å². The van der Waals surface area contributed by atoms with Crippen LogP contribution in [0.3, 0.4) is 0 Å². The van der Waals surface area contributed by atoms with Crippen molar-refractivity contribution in [2.24, 2.45) is 5.73 Å². The summed E-state index contributed by atoms with van der Waals surface area (Å²) in [4.78, 5) is 28.3. The second-order valence-electron chi connectivity index (χ2n) is 11.6. The largest absolute Gasteiger partial charge is 0.397 e. The lowest BCUT2D eigenvalue weighted by atomic mass is 10.2. The number of benzene rings is 2. The van der Waals surface area contributed by atoms with Crippen LogP contribution in [0.4, 0.5) is 10.5 Å². The molecule has 0 radical (unpaired) electrons. The van der Waals surface area contributed by atoms with Gasteiger partial charge >= 0.3 is 6.03 Å². The van der Waals surface area contributed by atoms with Gasteiger partial charge < -0.3 is 29.9 Å². The summed E-state index contributed by atoms with van der Waals surface area (Å²) in [5, 5.41) is 6.98. The van der Waals surface area contributed by atoms with Crippen LogP contribution in [0.1, 0.15) is 55.9 Å². The van der Waals surface area contributed by atoms with Crippen LogP contribution in [-0.2, 0) is 17.5 Å². The van der Waals surface area contributed by atoms with Gasteiger partial charge in [0.25, 0.3) is 5.91 Å². The predicted molar refractivity (Wildman–Crippen MR) is 162 cm³/mol. The molecule has 1 atom stereocenters. The number of nitrogens with two attached hydrogens (primary N) is 1. The SMILES string of the molecule is CC(C)(C)[Si](C)(C)OC(CCCn1ccc2ccc(NC(=O)NCc3ccccc3)cc21)n1cnc(C(N)=O)c1. The average Bonchev–Trinajstić information content (AvgIpc) is 3.55. The smallest absolute Gasteiger partial charge is 0.319 e. The number of nitrogens with zero attached hydrogens (tertiary/aromatic N) is 3. The summed E-state index contributed by atoms with van der Waals surface area (Å²) < 4.78 is 10.8. The highest BCUT2D eigenvalue weighted by Crippen LogP contribution is 2.39. The number of amides is 3. The molecule has 0 saturated heterocycles. The fraction of sp³-hybridized carbons (Fsp3) is 0.367. The number of hydrogen-bond acceptors (Lipinski definition) is 4. The Bertz CT molecular complexity index is 1460. The number of urea groups is 1. The first-order chi connectivity index (χ1) is 18.9. The molecular weight excluding hydrogens is 520 g/mol. The molecule has 4 aromatic rings. The van der Waals surface area contributed by atoms with Gasteiger partial charge in [0.05, 0.1) is 11.8 Å². The number of nitrogens with one attached hydrogen (secondary N) is 2. The molecule has 0 aliphatic heterocycles. The first-order valence-electron chi connectivity index (χ1n) is 13.6. The molecule has 0 aliphatic rings. The Morgan fingerprint density at radius 3 is 2.52 bits per heavy atom. The number of hydrogen-bond donors (Lipinski definition) is 3. The topological polar surface area (TPSA) is 116 Å². The lowest BCUT2D eigenvalue weighted by Gasteiger charge is -2.39. The van der Waals surface area contributed by atoms with Crippen LogP contribution in [0.25, 0.3) is 10.9 Å². The minimum atomic E-state index is -2.10. The fourth-order valence-corrected chi connectivity index (χ4v) is 5.53. The van der Waals surface area contributed by atoms with Crippen LogP contribution in [0.2, 0.25) is 18.1 Å². The normalized spacial score (nSPS) is 12.8. The molecule has 9 nitrogen and oxygen atoms in total. The van der Waals surface area contributed by atoms with E-state index < -0.39 is 14.2 Å². The Hall–Kier alpha value is -3.89. The summed E-state index contributed by atoms with van der Waals surface area (Å²) in [7, 11) is -2.10. The van der Waals surface area contributed by atoms with Crippen molar-refractivity contribution in [1.29, 1.82) is 0 Å². The average molecular weight is 561 g/mol. The summed E-state index contributed by atoms with van der Waals surface area (Å²) in [6.07, 6.45) is 6.68. The quantitative estimate of drug-likeness (QED) is 0.188. The first-order valence-corrected chi connectivity index (χ1v) is 16.5. The lowest BCUT2D eigenvalue weighted by molar-refractivity contribution is 0.0984. The highest BCUT2D eigenvalue weighted by molar-refractivity contribution is 6.74. The Morgan fingerprint density at radius 1 is 1.10 bits per heavy atom. The van der Waals surface area contributed by atoms with Gasteiger partial charge in [-0.25, -0.2) is 9.78 Å². The molecule has 4 N–H and O–H groups in total. The number of imidazole rings is 1. The molecule has 0 spiro atoms. The summed E-state index contributed by atoms with van der Waals surface area (Å²) in [5.74, 6) is -0.554. The molecule has 40 heavy (non-hydrogen) atoms. The molecule has 2 aromatic carbocycles. The molecule has 0 fully saturated rings. The molecule has 2 aromatic heterocycles. The second-order valence-corrected chi connectivity index (χ2v) is 16.4. The van der Waals surface area contributed by atoms with Crippen molar-refractivity contribution in [2.45, 2.75) is 71.1 Å². The summed E-state index contributed by atoms with van der Waals surface area (Å²) >= 11 is 0. The Labute approximate surface area is 236 Å². The summed E-state index contributed by atoms with van der Waals surface area (Å²) in [5.41, 5.74) is 8.49. The number of fused-ring (bicyclic) bond motifs is 1. The second kappa shape index (κ2) is 12.1. The molecular formula is C30H40N6O3Si. The van der Waals surface area contributed by atoms with Gasteiger partial charge in [-0.3, -0.25) is 4.79 Å². The Morgan fingerprint density at radius 2 is 1.85 bits per heavy atom. The number of rotatable bonds is 11. The van der Waals surface area contributed by atoms with Crippen molar-refractivity contribution in [3.63, 3.8) is 0 Å². The van der Waals surface area contributed by atoms with E-state index in [0.29, 0.717) is 6.54 Å². The van der Waals surface area contributed by atoms with Gasteiger partial charge in [-0.2, -0.15) is 0 Å². The Balaban J connectivity index is 1.42. The van der Waals surface area contributed by atoms with Crippen LogP contribution in [0.5, 0.6) is 0 Å². The van der Waals surface area contributed by atoms with E-state index in [-0.39, 0.29) is 23.0 Å². The van der Waals surface area contributed by atoms with Gasteiger partial charge in [0, 0.05) is 31.2 Å². The van der Waals surface area contributed by atoms with E-state index in [0.717, 1.165) is 41.5 Å². The zero-order chi connectivity index (χ0) is 28.9. The van der Waals surface area contributed by atoms with Gasteiger partial charge in [-0.15, -0.1) is 0 Å². The lowest BCUT2D eigenvalue weighted by Crippen LogP contribution is -2.42. The van der Waals surface area contributed by atoms with Crippen molar-refractivity contribution in [1.82, 2.24) is 19.4 Å². The van der Waals surface area contributed by atoms with E-state index in [2.05, 4.69) is 66.3 Å². The minimum absolute atomic E-state index is 0.0335. The van der Waals surface area contributed by atoms with E-state index >= 15 is 0 Å². The van der Waals surface area contributed by atoms with E-state index in [9.17, 15) is 9.59 Å². The number of aromatic nitrogens is 3. The van der Waals surface area contributed by atoms with Crippen LogP contribution in [0, 0.1) is 0 Å². The van der Waals surface area contributed by atoms with Crippen molar-refractivity contribution >= 4 is 36.8 Å². The molecule has 10 heteroatoms. The molecule has 0 saturated carbocycles. The van der Waals surface area contributed by atoms with Crippen molar-refractivity contribution in [2.75, 3.05) is 5.32 Å². The molecule has 2 heterocycles. The Kier molecular flexibility index (Phi) is 8.80. The molecule has 212 valence electrons. The fourth-order valence-electron chi connectivity index (χ4n) is 4.25. The van der Waals surface area contributed by atoms with Gasteiger partial charge in [0.1, 0.15) is 11.9 Å². The van der Waals surface area contributed by atoms with Gasteiger partial charge in [0.2, 0.25) is 0 Å². The van der Waals surface area contributed by atoms with E-state index in [1.807, 2.05) is 53.1 Å². The van der Waals surface area contributed by atoms with E-state index in [1.165, 1.54) is 0 Å². The maximum atomic E-state index is 12.5. The van der Waals surface area contributed by atoms with Crippen molar-refractivity contribution in [3.8, 4) is 0 Å². The maximum absolute atomic E-state index is 12.5. The molecule has 0 aliphatic carbocycles. The number of carbonyl (C=O) groups is 2. The molecule has 0 bridgehead atoms. The third-order valence-electron chi connectivity index (χ3n) is 7.60. The number of aryl methyl sites for hydroxylation is 1. The van der Waals surface area contributed by atoms with Crippen molar-refractivity contribution < 1.29 is 14.0 Å². The first kappa shape index (κ1) is 29.1. The number of anilines is 1. The zero-order valence-electron chi connectivity index (χ0n) is 24.0. The minimum Gasteiger partial charge on any atom is -0.397 e. The van der Waals surface area contributed by atoms with Gasteiger partial charge in [-0.1, -0.05) is 57.2 Å². The molecule has 3 amide bonds.